The standard InChI is InChI=1S/C25H27NO2/c1-16(19-12-13-19)22-10-7-11-23(17(2)20-14-15-20)24(22)26(25(27)28)18(3)21-8-5-4-6-9-21/h4-11,18-20H,1-2,12-15H2,3H3,(H,27,28)/t18-/m1/s1. The minimum Gasteiger partial charge on any atom is -0.465 e. The minimum atomic E-state index is -0.947. The smallest absolute Gasteiger partial charge is 0.412 e. The van der Waals surface area contributed by atoms with Gasteiger partial charge in [-0.2, -0.15) is 0 Å². The Hall–Kier alpha value is -2.81. The van der Waals surface area contributed by atoms with Gasteiger partial charge in [0.15, 0.2) is 0 Å². The molecule has 2 aromatic rings. The highest BCUT2D eigenvalue weighted by molar-refractivity contribution is 5.97. The van der Waals surface area contributed by atoms with Gasteiger partial charge in [-0.3, -0.25) is 4.90 Å². The number of carbonyl (C=O) groups is 1. The molecule has 2 aromatic carbocycles. The first kappa shape index (κ1) is 18.5. The molecule has 0 bridgehead atoms. The van der Waals surface area contributed by atoms with E-state index in [9.17, 15) is 9.90 Å². The van der Waals surface area contributed by atoms with Crippen molar-refractivity contribution < 1.29 is 9.90 Å². The van der Waals surface area contributed by atoms with Crippen LogP contribution in [0.2, 0.25) is 0 Å². The Labute approximate surface area is 167 Å². The quantitative estimate of drug-likeness (QED) is 0.581. The molecule has 0 aromatic heterocycles. The summed E-state index contributed by atoms with van der Waals surface area (Å²) in [6.07, 6.45) is 3.58. The number of rotatable bonds is 7. The lowest BCUT2D eigenvalue weighted by Gasteiger charge is -2.32. The molecular formula is C25H27NO2. The van der Waals surface area contributed by atoms with Gasteiger partial charge in [-0.15, -0.1) is 0 Å². The third-order valence-electron chi connectivity index (χ3n) is 5.98. The second-order valence-electron chi connectivity index (χ2n) is 8.04. The lowest BCUT2D eigenvalue weighted by Crippen LogP contribution is -2.33. The Bertz CT molecular complexity index is 881. The number of nitrogens with zero attached hydrogens (tertiary/aromatic N) is 1. The first-order valence-corrected chi connectivity index (χ1v) is 10.1. The van der Waals surface area contributed by atoms with Gasteiger partial charge in [0.1, 0.15) is 0 Å². The lowest BCUT2D eigenvalue weighted by atomic mass is 9.91. The van der Waals surface area contributed by atoms with E-state index < -0.39 is 6.09 Å². The molecule has 0 heterocycles. The number of anilines is 1. The molecule has 0 radical (unpaired) electrons. The van der Waals surface area contributed by atoms with Crippen molar-refractivity contribution >= 4 is 22.9 Å². The summed E-state index contributed by atoms with van der Waals surface area (Å²) in [4.78, 5) is 14.0. The monoisotopic (exact) mass is 373 g/mol. The largest absolute Gasteiger partial charge is 0.465 e. The van der Waals surface area contributed by atoms with Crippen LogP contribution in [0.3, 0.4) is 0 Å². The van der Waals surface area contributed by atoms with Gasteiger partial charge in [-0.1, -0.05) is 61.7 Å². The van der Waals surface area contributed by atoms with Crippen LogP contribution in [0.25, 0.3) is 11.1 Å². The summed E-state index contributed by atoms with van der Waals surface area (Å²) < 4.78 is 0. The van der Waals surface area contributed by atoms with Gasteiger partial charge >= 0.3 is 6.09 Å². The van der Waals surface area contributed by atoms with Crippen LogP contribution in [0.1, 0.15) is 55.3 Å². The van der Waals surface area contributed by atoms with E-state index in [1.165, 1.54) is 4.90 Å². The Morgan fingerprint density at radius 2 is 1.43 bits per heavy atom. The van der Waals surface area contributed by atoms with Crippen LogP contribution in [0.15, 0.2) is 61.7 Å². The second kappa shape index (κ2) is 7.31. The van der Waals surface area contributed by atoms with Crippen LogP contribution in [-0.2, 0) is 0 Å². The molecule has 0 unspecified atom stereocenters. The lowest BCUT2D eigenvalue weighted by molar-refractivity contribution is 0.199. The highest BCUT2D eigenvalue weighted by atomic mass is 16.4. The number of hydrogen-bond acceptors (Lipinski definition) is 1. The minimum absolute atomic E-state index is 0.308. The van der Waals surface area contributed by atoms with E-state index in [-0.39, 0.29) is 6.04 Å². The van der Waals surface area contributed by atoms with Gasteiger partial charge < -0.3 is 5.11 Å². The maximum Gasteiger partial charge on any atom is 0.412 e. The molecule has 0 aliphatic heterocycles. The van der Waals surface area contributed by atoms with E-state index in [0.717, 1.165) is 59.2 Å². The van der Waals surface area contributed by atoms with Crippen LogP contribution in [0.5, 0.6) is 0 Å². The first-order chi connectivity index (χ1) is 13.5. The first-order valence-electron chi connectivity index (χ1n) is 10.1. The summed E-state index contributed by atoms with van der Waals surface area (Å²) in [7, 11) is 0. The Balaban J connectivity index is 1.87. The van der Waals surface area contributed by atoms with Crippen molar-refractivity contribution in [1.29, 1.82) is 0 Å². The highest BCUT2D eigenvalue weighted by Gasteiger charge is 2.35. The van der Waals surface area contributed by atoms with Crippen LogP contribution in [0, 0.1) is 11.8 Å². The zero-order chi connectivity index (χ0) is 19.8. The van der Waals surface area contributed by atoms with Crippen LogP contribution < -0.4 is 4.90 Å². The number of hydrogen-bond donors (Lipinski definition) is 1. The maximum absolute atomic E-state index is 12.5. The summed E-state index contributed by atoms with van der Waals surface area (Å²) in [5, 5.41) is 10.2. The third kappa shape index (κ3) is 3.49. The van der Waals surface area contributed by atoms with Crippen molar-refractivity contribution in [3.05, 3.63) is 78.4 Å². The summed E-state index contributed by atoms with van der Waals surface area (Å²) in [5.41, 5.74) is 5.72. The van der Waals surface area contributed by atoms with Crippen molar-refractivity contribution in [2.45, 2.75) is 38.6 Å². The van der Waals surface area contributed by atoms with Crippen LogP contribution >= 0.6 is 0 Å². The molecule has 2 fully saturated rings. The van der Waals surface area contributed by atoms with E-state index in [1.807, 2.05) is 55.5 Å². The average molecular weight is 373 g/mol. The van der Waals surface area contributed by atoms with Crippen molar-refractivity contribution in [2.24, 2.45) is 11.8 Å². The fraction of sp³-hybridized carbons (Fsp3) is 0.320. The molecule has 2 saturated carbocycles. The number of amides is 1. The number of para-hydroxylation sites is 1. The van der Waals surface area contributed by atoms with Crippen molar-refractivity contribution in [3.8, 4) is 0 Å². The maximum atomic E-state index is 12.5. The third-order valence-corrected chi connectivity index (χ3v) is 5.98. The van der Waals surface area contributed by atoms with Crippen molar-refractivity contribution in [2.75, 3.05) is 4.90 Å². The van der Waals surface area contributed by atoms with Gasteiger partial charge in [0.05, 0.1) is 11.7 Å². The Morgan fingerprint density at radius 3 is 1.86 bits per heavy atom. The fourth-order valence-electron chi connectivity index (χ4n) is 3.96. The van der Waals surface area contributed by atoms with Gasteiger partial charge in [-0.25, -0.2) is 4.79 Å². The SMILES string of the molecule is C=C(c1cccc(C(=C)C2CC2)c1N(C(=O)O)[C@H](C)c1ccccc1)C1CC1. The molecule has 0 saturated heterocycles. The molecule has 144 valence electrons. The molecule has 3 heteroatoms. The molecule has 4 rings (SSSR count). The van der Waals surface area contributed by atoms with E-state index in [1.54, 1.807) is 0 Å². The van der Waals surface area contributed by atoms with Gasteiger partial charge in [-0.05, 0) is 61.2 Å². The van der Waals surface area contributed by atoms with E-state index >= 15 is 0 Å². The Morgan fingerprint density at radius 1 is 0.929 bits per heavy atom. The van der Waals surface area contributed by atoms with Crippen LogP contribution in [0.4, 0.5) is 10.5 Å². The molecule has 3 nitrogen and oxygen atoms in total. The van der Waals surface area contributed by atoms with Crippen LogP contribution in [-0.4, -0.2) is 11.2 Å². The second-order valence-corrected chi connectivity index (χ2v) is 8.04. The Kier molecular flexibility index (Phi) is 4.84. The van der Waals surface area contributed by atoms with Gasteiger partial charge in [0.2, 0.25) is 0 Å². The van der Waals surface area contributed by atoms with E-state index in [0.29, 0.717) is 11.8 Å². The summed E-state index contributed by atoms with van der Waals surface area (Å²) >= 11 is 0. The zero-order valence-electron chi connectivity index (χ0n) is 16.4. The summed E-state index contributed by atoms with van der Waals surface area (Å²) in [5.74, 6) is 0.928. The van der Waals surface area contributed by atoms with E-state index in [2.05, 4.69) is 13.2 Å². The summed E-state index contributed by atoms with van der Waals surface area (Å²) in [6, 6.07) is 15.6. The molecular weight excluding hydrogens is 346 g/mol. The average Bonchev–Trinajstić information content (AvgIpc) is 3.59. The number of allylic oxidation sites excluding steroid dienone is 2. The predicted octanol–water partition coefficient (Wildman–Crippen LogP) is 6.78. The molecule has 1 atom stereocenters. The fourth-order valence-corrected chi connectivity index (χ4v) is 3.96. The molecule has 28 heavy (non-hydrogen) atoms. The normalized spacial score (nSPS) is 17.0. The molecule has 2 aliphatic carbocycles. The van der Waals surface area contributed by atoms with Gasteiger partial charge in [0, 0.05) is 11.1 Å². The number of benzene rings is 2. The molecule has 0 spiro atoms. The molecule has 2 aliphatic rings. The van der Waals surface area contributed by atoms with Gasteiger partial charge in [0.25, 0.3) is 0 Å². The number of carboxylic acid groups (broad SMARTS) is 1. The zero-order valence-corrected chi connectivity index (χ0v) is 16.4. The van der Waals surface area contributed by atoms with Crippen molar-refractivity contribution in [3.63, 3.8) is 0 Å². The molecule has 1 N–H and O–H groups in total. The summed E-state index contributed by atoms with van der Waals surface area (Å²) in [6.45, 7) is 10.6. The topological polar surface area (TPSA) is 40.5 Å². The highest BCUT2D eigenvalue weighted by Crippen LogP contribution is 2.49. The van der Waals surface area contributed by atoms with E-state index in [4.69, 9.17) is 0 Å². The predicted molar refractivity (Wildman–Crippen MR) is 115 cm³/mol. The van der Waals surface area contributed by atoms with Crippen molar-refractivity contribution in [1.82, 2.24) is 0 Å². The molecule has 1 amide bonds.